The minimum absolute atomic E-state index is 0.0602. The van der Waals surface area contributed by atoms with E-state index in [0.29, 0.717) is 10.7 Å². The standard InChI is InChI=1S/C10H7ClN2O2/c11-7-3-1-2-6(4-7)8-5-9(10(14)15)13-12-8/h1-5H,(H,12,13)(H,14,15). The summed E-state index contributed by atoms with van der Waals surface area (Å²) in [6, 6.07) is 8.54. The van der Waals surface area contributed by atoms with E-state index in [1.54, 1.807) is 18.2 Å². The normalized spacial score (nSPS) is 10.2. The van der Waals surface area contributed by atoms with E-state index in [-0.39, 0.29) is 5.69 Å². The first-order valence-electron chi connectivity index (χ1n) is 4.21. The maximum atomic E-state index is 10.6. The molecule has 1 aromatic carbocycles. The van der Waals surface area contributed by atoms with Crippen LogP contribution in [-0.2, 0) is 0 Å². The van der Waals surface area contributed by atoms with Gasteiger partial charge in [-0.05, 0) is 18.2 Å². The molecule has 0 bridgehead atoms. The number of aromatic amines is 1. The Balaban J connectivity index is 2.41. The van der Waals surface area contributed by atoms with Crippen molar-refractivity contribution in [3.8, 4) is 11.3 Å². The number of aromatic carboxylic acids is 1. The summed E-state index contributed by atoms with van der Waals surface area (Å²) in [7, 11) is 0. The number of nitrogens with one attached hydrogen (secondary N) is 1. The molecule has 0 saturated heterocycles. The fraction of sp³-hybridized carbons (Fsp3) is 0. The van der Waals surface area contributed by atoms with Crippen molar-refractivity contribution in [2.45, 2.75) is 0 Å². The zero-order valence-corrected chi connectivity index (χ0v) is 8.32. The van der Waals surface area contributed by atoms with Crippen LogP contribution in [0, 0.1) is 0 Å². The van der Waals surface area contributed by atoms with Crippen LogP contribution in [0.25, 0.3) is 11.3 Å². The second-order valence-corrected chi connectivity index (χ2v) is 3.42. The summed E-state index contributed by atoms with van der Waals surface area (Å²) in [6.07, 6.45) is 0. The van der Waals surface area contributed by atoms with Crippen LogP contribution in [0.15, 0.2) is 30.3 Å². The lowest BCUT2D eigenvalue weighted by atomic mass is 10.1. The monoisotopic (exact) mass is 222 g/mol. The Kier molecular flexibility index (Phi) is 2.43. The Hall–Kier alpha value is -1.81. The molecule has 0 amide bonds. The molecular weight excluding hydrogens is 216 g/mol. The third-order valence-electron chi connectivity index (χ3n) is 1.93. The summed E-state index contributed by atoms with van der Waals surface area (Å²) in [6.45, 7) is 0. The van der Waals surface area contributed by atoms with E-state index >= 15 is 0 Å². The first kappa shape index (κ1) is 9.73. The van der Waals surface area contributed by atoms with Gasteiger partial charge >= 0.3 is 5.97 Å². The Bertz CT molecular complexity index is 508. The van der Waals surface area contributed by atoms with E-state index in [4.69, 9.17) is 16.7 Å². The van der Waals surface area contributed by atoms with Gasteiger partial charge in [0.25, 0.3) is 0 Å². The largest absolute Gasteiger partial charge is 0.477 e. The fourth-order valence-corrected chi connectivity index (χ4v) is 1.42. The second kappa shape index (κ2) is 3.74. The second-order valence-electron chi connectivity index (χ2n) is 2.98. The molecule has 1 heterocycles. The quantitative estimate of drug-likeness (QED) is 0.820. The third-order valence-corrected chi connectivity index (χ3v) is 2.16. The van der Waals surface area contributed by atoms with Gasteiger partial charge in [-0.2, -0.15) is 5.10 Å². The molecule has 0 unspecified atom stereocenters. The van der Waals surface area contributed by atoms with Gasteiger partial charge in [0.1, 0.15) is 5.69 Å². The van der Waals surface area contributed by atoms with Crippen molar-refractivity contribution in [3.63, 3.8) is 0 Å². The highest BCUT2D eigenvalue weighted by molar-refractivity contribution is 6.30. The zero-order chi connectivity index (χ0) is 10.8. The van der Waals surface area contributed by atoms with Gasteiger partial charge in [-0.3, -0.25) is 5.10 Å². The zero-order valence-electron chi connectivity index (χ0n) is 7.57. The van der Waals surface area contributed by atoms with Crippen molar-refractivity contribution < 1.29 is 9.90 Å². The predicted molar refractivity (Wildman–Crippen MR) is 56.0 cm³/mol. The topological polar surface area (TPSA) is 66.0 Å². The van der Waals surface area contributed by atoms with Crippen LogP contribution in [0.4, 0.5) is 0 Å². The molecule has 0 saturated carbocycles. The number of rotatable bonds is 2. The van der Waals surface area contributed by atoms with Crippen molar-refractivity contribution in [3.05, 3.63) is 41.0 Å². The number of halogens is 1. The Labute approximate surface area is 90.5 Å². The van der Waals surface area contributed by atoms with Gasteiger partial charge in [0.15, 0.2) is 0 Å². The van der Waals surface area contributed by atoms with Gasteiger partial charge in [0, 0.05) is 10.6 Å². The summed E-state index contributed by atoms with van der Waals surface area (Å²) < 4.78 is 0. The summed E-state index contributed by atoms with van der Waals surface area (Å²) in [5.41, 5.74) is 1.41. The Morgan fingerprint density at radius 2 is 2.20 bits per heavy atom. The number of aromatic nitrogens is 2. The first-order chi connectivity index (χ1) is 7.16. The maximum Gasteiger partial charge on any atom is 0.353 e. The van der Waals surface area contributed by atoms with Crippen molar-refractivity contribution in [2.75, 3.05) is 0 Å². The molecule has 2 N–H and O–H groups in total. The SMILES string of the molecule is O=C(O)c1cc(-c2cccc(Cl)c2)n[nH]1. The molecular formula is C10H7ClN2O2. The highest BCUT2D eigenvalue weighted by atomic mass is 35.5. The number of carboxylic acid groups (broad SMARTS) is 1. The van der Waals surface area contributed by atoms with Crippen LogP contribution >= 0.6 is 11.6 Å². The molecule has 0 aliphatic carbocycles. The van der Waals surface area contributed by atoms with Crippen LogP contribution < -0.4 is 0 Å². The number of carboxylic acids is 1. The average molecular weight is 223 g/mol. The summed E-state index contributed by atoms with van der Waals surface area (Å²) >= 11 is 5.81. The smallest absolute Gasteiger partial charge is 0.353 e. The van der Waals surface area contributed by atoms with Crippen LogP contribution in [0.3, 0.4) is 0 Å². The molecule has 15 heavy (non-hydrogen) atoms. The molecule has 76 valence electrons. The van der Waals surface area contributed by atoms with Crippen LogP contribution in [0.1, 0.15) is 10.5 Å². The van der Waals surface area contributed by atoms with Crippen molar-refractivity contribution in [2.24, 2.45) is 0 Å². The lowest BCUT2D eigenvalue weighted by molar-refractivity contribution is 0.0690. The molecule has 5 heteroatoms. The van der Waals surface area contributed by atoms with E-state index in [1.165, 1.54) is 6.07 Å². The third kappa shape index (κ3) is 1.99. The van der Waals surface area contributed by atoms with Gasteiger partial charge in [-0.1, -0.05) is 23.7 Å². The lowest BCUT2D eigenvalue weighted by Gasteiger charge is -1.95. The van der Waals surface area contributed by atoms with Gasteiger partial charge in [-0.25, -0.2) is 4.79 Å². The molecule has 2 rings (SSSR count). The summed E-state index contributed by atoms with van der Waals surface area (Å²) in [4.78, 5) is 10.6. The van der Waals surface area contributed by atoms with Crippen molar-refractivity contribution in [1.82, 2.24) is 10.2 Å². The fourth-order valence-electron chi connectivity index (χ4n) is 1.23. The highest BCUT2D eigenvalue weighted by Gasteiger charge is 2.08. The number of hydrogen-bond donors (Lipinski definition) is 2. The summed E-state index contributed by atoms with van der Waals surface area (Å²) in [5.74, 6) is -1.03. The minimum Gasteiger partial charge on any atom is -0.477 e. The number of hydrogen-bond acceptors (Lipinski definition) is 2. The Morgan fingerprint density at radius 1 is 1.40 bits per heavy atom. The van der Waals surface area contributed by atoms with Gasteiger partial charge in [0.05, 0.1) is 5.69 Å². The van der Waals surface area contributed by atoms with E-state index in [0.717, 1.165) is 5.56 Å². The van der Waals surface area contributed by atoms with Gasteiger partial charge < -0.3 is 5.11 Å². The Morgan fingerprint density at radius 3 is 2.80 bits per heavy atom. The molecule has 1 aromatic heterocycles. The predicted octanol–water partition coefficient (Wildman–Crippen LogP) is 2.43. The van der Waals surface area contributed by atoms with E-state index in [9.17, 15) is 4.79 Å². The molecule has 2 aromatic rings. The number of benzene rings is 1. The maximum absolute atomic E-state index is 10.6. The molecule has 0 spiro atoms. The summed E-state index contributed by atoms with van der Waals surface area (Å²) in [5, 5.41) is 15.6. The average Bonchev–Trinajstić information content (AvgIpc) is 2.66. The van der Waals surface area contributed by atoms with Gasteiger partial charge in [-0.15, -0.1) is 0 Å². The van der Waals surface area contributed by atoms with E-state index in [1.807, 2.05) is 6.07 Å². The molecule has 0 aliphatic heterocycles. The van der Waals surface area contributed by atoms with Crippen LogP contribution in [0.5, 0.6) is 0 Å². The first-order valence-corrected chi connectivity index (χ1v) is 4.59. The van der Waals surface area contributed by atoms with Crippen molar-refractivity contribution >= 4 is 17.6 Å². The lowest BCUT2D eigenvalue weighted by Crippen LogP contribution is -1.95. The minimum atomic E-state index is -1.03. The van der Waals surface area contributed by atoms with Crippen molar-refractivity contribution in [1.29, 1.82) is 0 Å². The molecule has 0 atom stereocenters. The molecule has 0 radical (unpaired) electrons. The molecule has 0 fully saturated rings. The number of H-pyrrole nitrogens is 1. The number of carbonyl (C=O) groups is 1. The van der Waals surface area contributed by atoms with Crippen LogP contribution in [0.2, 0.25) is 5.02 Å². The van der Waals surface area contributed by atoms with E-state index in [2.05, 4.69) is 10.2 Å². The number of nitrogens with zero attached hydrogens (tertiary/aromatic N) is 1. The van der Waals surface area contributed by atoms with E-state index < -0.39 is 5.97 Å². The van der Waals surface area contributed by atoms with Gasteiger partial charge in [0.2, 0.25) is 0 Å². The highest BCUT2D eigenvalue weighted by Crippen LogP contribution is 2.21. The molecule has 4 nitrogen and oxygen atoms in total. The molecule has 0 aliphatic rings. The van der Waals surface area contributed by atoms with Crippen LogP contribution in [-0.4, -0.2) is 21.3 Å².